The zero-order valence-electron chi connectivity index (χ0n) is 23.4. The quantitative estimate of drug-likeness (QED) is 0.273. The number of nitrogens with zero attached hydrogens (tertiary/aromatic N) is 4. The lowest BCUT2D eigenvalue weighted by Gasteiger charge is -2.25. The van der Waals surface area contributed by atoms with Crippen molar-refractivity contribution in [1.29, 1.82) is 0 Å². The van der Waals surface area contributed by atoms with Crippen LogP contribution in [0, 0.1) is 6.92 Å². The van der Waals surface area contributed by atoms with E-state index < -0.39 is 6.04 Å². The zero-order valence-corrected chi connectivity index (χ0v) is 23.4. The second-order valence-electron chi connectivity index (χ2n) is 9.93. The van der Waals surface area contributed by atoms with Gasteiger partial charge in [-0.15, -0.1) is 0 Å². The molecule has 0 aliphatic heterocycles. The number of hydrogen-bond donors (Lipinski definition) is 1. The SMILES string of the molecule is COc1ccc(N(C)C(=O)[C@H](Cc2ccccc2)NC(=O)Cc2c(C)n(Cc3ccccn3)c3ccccc23)cn1. The summed E-state index contributed by atoms with van der Waals surface area (Å²) in [5.41, 5.74) is 5.48. The molecule has 2 aromatic carbocycles. The molecule has 0 aliphatic carbocycles. The number of aromatic nitrogens is 3. The highest BCUT2D eigenvalue weighted by atomic mass is 16.5. The third-order valence-corrected chi connectivity index (χ3v) is 7.31. The molecule has 1 atom stereocenters. The number of methoxy groups -OCH3 is 1. The summed E-state index contributed by atoms with van der Waals surface area (Å²) in [7, 11) is 3.23. The Hall–Kier alpha value is -4.98. The molecule has 8 heteroatoms. The highest BCUT2D eigenvalue weighted by Crippen LogP contribution is 2.27. The maximum absolute atomic E-state index is 13.7. The van der Waals surface area contributed by atoms with Crippen molar-refractivity contribution < 1.29 is 14.3 Å². The zero-order chi connectivity index (χ0) is 28.8. The van der Waals surface area contributed by atoms with Crippen molar-refractivity contribution in [3.63, 3.8) is 0 Å². The number of benzene rings is 2. The predicted molar refractivity (Wildman–Crippen MR) is 160 cm³/mol. The molecule has 0 unspecified atom stereocenters. The molecule has 5 rings (SSSR count). The largest absolute Gasteiger partial charge is 0.481 e. The third-order valence-electron chi connectivity index (χ3n) is 7.31. The first kappa shape index (κ1) is 27.6. The number of fused-ring (bicyclic) bond motifs is 1. The van der Waals surface area contributed by atoms with E-state index in [1.807, 2.05) is 73.7 Å². The van der Waals surface area contributed by atoms with Crippen LogP contribution in [-0.4, -0.2) is 46.5 Å². The highest BCUT2D eigenvalue weighted by Gasteiger charge is 2.27. The van der Waals surface area contributed by atoms with E-state index in [0.29, 0.717) is 24.5 Å². The molecule has 0 bridgehead atoms. The molecule has 41 heavy (non-hydrogen) atoms. The Balaban J connectivity index is 1.40. The smallest absolute Gasteiger partial charge is 0.249 e. The van der Waals surface area contributed by atoms with Crippen LogP contribution in [-0.2, 0) is 29.0 Å². The van der Waals surface area contributed by atoms with Crippen LogP contribution in [0.3, 0.4) is 0 Å². The Bertz CT molecular complexity index is 1630. The molecule has 0 aliphatic rings. The van der Waals surface area contributed by atoms with E-state index in [2.05, 4.69) is 25.9 Å². The molecule has 0 radical (unpaired) electrons. The van der Waals surface area contributed by atoms with Gasteiger partial charge in [0.1, 0.15) is 6.04 Å². The molecule has 0 fully saturated rings. The molecule has 3 heterocycles. The summed E-state index contributed by atoms with van der Waals surface area (Å²) < 4.78 is 7.34. The molecule has 3 aromatic heterocycles. The Kier molecular flexibility index (Phi) is 8.39. The number of nitrogens with one attached hydrogen (secondary N) is 1. The second-order valence-corrected chi connectivity index (χ2v) is 9.93. The first-order valence-corrected chi connectivity index (χ1v) is 13.5. The van der Waals surface area contributed by atoms with E-state index >= 15 is 0 Å². The number of pyridine rings is 2. The molecule has 8 nitrogen and oxygen atoms in total. The lowest BCUT2D eigenvalue weighted by atomic mass is 10.0. The summed E-state index contributed by atoms with van der Waals surface area (Å²) in [6.07, 6.45) is 3.87. The molecule has 5 aromatic rings. The van der Waals surface area contributed by atoms with E-state index in [0.717, 1.165) is 33.4 Å². The van der Waals surface area contributed by atoms with Gasteiger partial charge < -0.3 is 19.5 Å². The van der Waals surface area contributed by atoms with Crippen LogP contribution in [0.2, 0.25) is 0 Å². The Labute approximate surface area is 239 Å². The summed E-state index contributed by atoms with van der Waals surface area (Å²) in [6.45, 7) is 2.63. The number of carbonyl (C=O) groups excluding carboxylic acids is 2. The van der Waals surface area contributed by atoms with Crippen molar-refractivity contribution in [3.05, 3.63) is 120 Å². The third kappa shape index (κ3) is 6.27. The van der Waals surface area contributed by atoms with Gasteiger partial charge in [0.2, 0.25) is 17.7 Å². The van der Waals surface area contributed by atoms with Gasteiger partial charge in [-0.2, -0.15) is 0 Å². The summed E-state index contributed by atoms with van der Waals surface area (Å²) in [4.78, 5) is 37.5. The Morgan fingerprint density at radius 3 is 2.41 bits per heavy atom. The van der Waals surface area contributed by atoms with E-state index in [4.69, 9.17) is 4.74 Å². The maximum atomic E-state index is 13.7. The normalized spacial score (nSPS) is 11.7. The van der Waals surface area contributed by atoms with Gasteiger partial charge in [-0.1, -0.05) is 54.6 Å². The van der Waals surface area contributed by atoms with E-state index in [9.17, 15) is 9.59 Å². The average Bonchev–Trinajstić information content (AvgIpc) is 3.27. The summed E-state index contributed by atoms with van der Waals surface area (Å²) >= 11 is 0. The highest BCUT2D eigenvalue weighted by molar-refractivity contribution is 5.99. The first-order chi connectivity index (χ1) is 19.9. The van der Waals surface area contributed by atoms with Crippen LogP contribution in [0.4, 0.5) is 5.69 Å². The van der Waals surface area contributed by atoms with Crippen molar-refractivity contribution in [1.82, 2.24) is 19.9 Å². The first-order valence-electron chi connectivity index (χ1n) is 13.5. The number of likely N-dealkylation sites (N-methyl/N-ethyl adjacent to an activating group) is 1. The molecule has 208 valence electrons. The van der Waals surface area contributed by atoms with Gasteiger partial charge >= 0.3 is 0 Å². The van der Waals surface area contributed by atoms with Gasteiger partial charge in [-0.05, 0) is 42.3 Å². The lowest BCUT2D eigenvalue weighted by Crippen LogP contribution is -2.49. The fourth-order valence-electron chi connectivity index (χ4n) is 5.09. The molecular formula is C33H33N5O3. The van der Waals surface area contributed by atoms with E-state index in [1.165, 1.54) is 4.90 Å². The van der Waals surface area contributed by atoms with Gasteiger partial charge in [0, 0.05) is 42.3 Å². The van der Waals surface area contributed by atoms with Gasteiger partial charge in [-0.3, -0.25) is 14.6 Å². The molecule has 0 saturated carbocycles. The second kappa shape index (κ2) is 12.5. The van der Waals surface area contributed by atoms with Crippen LogP contribution in [0.1, 0.15) is 22.5 Å². The summed E-state index contributed by atoms with van der Waals surface area (Å²) in [5.74, 6) is 0.00849. The molecule has 0 spiro atoms. The van der Waals surface area contributed by atoms with Crippen molar-refractivity contribution in [3.8, 4) is 5.88 Å². The van der Waals surface area contributed by atoms with Crippen LogP contribution >= 0.6 is 0 Å². The van der Waals surface area contributed by atoms with E-state index in [-0.39, 0.29) is 18.2 Å². The van der Waals surface area contributed by atoms with Crippen LogP contribution < -0.4 is 15.0 Å². The van der Waals surface area contributed by atoms with Gasteiger partial charge in [0.05, 0.1) is 37.7 Å². The molecule has 2 amide bonds. The standard InChI is InChI=1S/C33H33N5O3/c1-23-28(27-14-7-8-15-30(27)38(23)22-25-13-9-10-18-34-25)20-31(39)36-29(19-24-11-5-4-6-12-24)33(40)37(2)26-16-17-32(41-3)35-21-26/h4-18,21,29H,19-20,22H2,1-3H3,(H,36,39)/t29-/m0/s1. The monoisotopic (exact) mass is 547 g/mol. The number of carbonyl (C=O) groups is 2. The minimum absolute atomic E-state index is 0.147. The van der Waals surface area contributed by atoms with E-state index in [1.54, 1.807) is 38.7 Å². The summed E-state index contributed by atoms with van der Waals surface area (Å²) in [5, 5.41) is 4.06. The minimum atomic E-state index is -0.765. The lowest BCUT2D eigenvalue weighted by molar-refractivity contribution is -0.127. The number of amides is 2. The number of anilines is 1. The topological polar surface area (TPSA) is 89.4 Å². The van der Waals surface area contributed by atoms with Crippen molar-refractivity contribution in [2.75, 3.05) is 19.1 Å². The number of para-hydroxylation sites is 1. The van der Waals surface area contributed by atoms with Crippen LogP contribution in [0.25, 0.3) is 10.9 Å². The fraction of sp³-hybridized carbons (Fsp3) is 0.212. The predicted octanol–water partition coefficient (Wildman–Crippen LogP) is 4.73. The number of ether oxygens (including phenoxy) is 1. The molecular weight excluding hydrogens is 514 g/mol. The minimum Gasteiger partial charge on any atom is -0.481 e. The number of hydrogen-bond acceptors (Lipinski definition) is 5. The van der Waals surface area contributed by atoms with Crippen LogP contribution in [0.5, 0.6) is 5.88 Å². The van der Waals surface area contributed by atoms with Crippen molar-refractivity contribution >= 4 is 28.4 Å². The van der Waals surface area contributed by atoms with Crippen LogP contribution in [0.15, 0.2) is 97.3 Å². The van der Waals surface area contributed by atoms with Crippen molar-refractivity contribution in [2.45, 2.75) is 32.4 Å². The maximum Gasteiger partial charge on any atom is 0.249 e. The Morgan fingerprint density at radius 2 is 1.71 bits per heavy atom. The summed E-state index contributed by atoms with van der Waals surface area (Å²) in [6, 6.07) is 26.3. The fourth-order valence-corrected chi connectivity index (χ4v) is 5.09. The van der Waals surface area contributed by atoms with Gasteiger partial charge in [0.25, 0.3) is 0 Å². The molecule has 1 N–H and O–H groups in total. The number of rotatable bonds is 10. The van der Waals surface area contributed by atoms with Crippen molar-refractivity contribution in [2.24, 2.45) is 0 Å². The average molecular weight is 548 g/mol. The Morgan fingerprint density at radius 1 is 0.951 bits per heavy atom. The molecule has 0 saturated heterocycles. The van der Waals surface area contributed by atoms with Gasteiger partial charge in [-0.25, -0.2) is 4.98 Å². The van der Waals surface area contributed by atoms with Gasteiger partial charge in [0.15, 0.2) is 0 Å².